The SMILES string of the molecule is CC1=CC(=C(C#N)C#N)C=C(C)N1c1cccc(OCCCS(=O)(=O)O)c1. The molecule has 2 rings (SSSR count). The van der Waals surface area contributed by atoms with E-state index in [1.165, 1.54) is 0 Å². The van der Waals surface area contributed by atoms with Gasteiger partial charge in [0.2, 0.25) is 0 Å². The van der Waals surface area contributed by atoms with Crippen molar-refractivity contribution in [3.63, 3.8) is 0 Å². The minimum atomic E-state index is -3.99. The zero-order valence-corrected chi connectivity index (χ0v) is 15.8. The molecule has 1 aromatic carbocycles. The first-order valence-electron chi connectivity index (χ1n) is 8.14. The number of hydrogen-bond donors (Lipinski definition) is 1. The molecule has 7 nitrogen and oxygen atoms in total. The Morgan fingerprint density at radius 3 is 2.37 bits per heavy atom. The molecule has 1 heterocycles. The fraction of sp³-hybridized carbons (Fsp3) is 0.263. The summed E-state index contributed by atoms with van der Waals surface area (Å²) in [5.41, 5.74) is 3.15. The van der Waals surface area contributed by atoms with Crippen molar-refractivity contribution in [2.45, 2.75) is 20.3 Å². The van der Waals surface area contributed by atoms with Gasteiger partial charge in [0.25, 0.3) is 10.1 Å². The molecular formula is C19H19N3O4S. The summed E-state index contributed by atoms with van der Waals surface area (Å²) >= 11 is 0. The van der Waals surface area contributed by atoms with E-state index < -0.39 is 10.1 Å². The topological polar surface area (TPSA) is 114 Å². The summed E-state index contributed by atoms with van der Waals surface area (Å²) in [7, 11) is -3.99. The van der Waals surface area contributed by atoms with Gasteiger partial charge in [-0.1, -0.05) is 6.07 Å². The van der Waals surface area contributed by atoms with Crippen LogP contribution in [0.15, 0.2) is 59.0 Å². The second kappa shape index (κ2) is 8.54. The molecule has 0 saturated heterocycles. The molecule has 0 fully saturated rings. The Balaban J connectivity index is 2.19. The monoisotopic (exact) mass is 385 g/mol. The molecule has 0 atom stereocenters. The summed E-state index contributed by atoms with van der Waals surface area (Å²) in [5, 5.41) is 18.1. The second-order valence-corrected chi connectivity index (χ2v) is 7.52. The lowest BCUT2D eigenvalue weighted by molar-refractivity contribution is 0.316. The Bertz CT molecular complexity index is 970. The average Bonchev–Trinajstić information content (AvgIpc) is 2.59. The van der Waals surface area contributed by atoms with E-state index in [0.29, 0.717) is 11.3 Å². The van der Waals surface area contributed by atoms with E-state index in [0.717, 1.165) is 17.1 Å². The molecule has 0 spiro atoms. The highest BCUT2D eigenvalue weighted by atomic mass is 32.2. The maximum Gasteiger partial charge on any atom is 0.264 e. The van der Waals surface area contributed by atoms with Crippen LogP contribution >= 0.6 is 0 Å². The number of allylic oxidation sites excluding steroid dienone is 6. The predicted molar refractivity (Wildman–Crippen MR) is 101 cm³/mol. The molecule has 0 aliphatic carbocycles. The van der Waals surface area contributed by atoms with Crippen molar-refractivity contribution in [3.8, 4) is 17.9 Å². The predicted octanol–water partition coefficient (Wildman–Crippen LogP) is 3.31. The van der Waals surface area contributed by atoms with Crippen LogP contribution in [0.1, 0.15) is 20.3 Å². The van der Waals surface area contributed by atoms with Gasteiger partial charge >= 0.3 is 0 Å². The van der Waals surface area contributed by atoms with Crippen molar-refractivity contribution < 1.29 is 17.7 Å². The Labute approximate surface area is 158 Å². The molecule has 8 heteroatoms. The van der Waals surface area contributed by atoms with Crippen LogP contribution in [-0.4, -0.2) is 25.3 Å². The van der Waals surface area contributed by atoms with Crippen LogP contribution in [0.5, 0.6) is 5.75 Å². The van der Waals surface area contributed by atoms with Gasteiger partial charge in [-0.15, -0.1) is 0 Å². The molecule has 0 radical (unpaired) electrons. The molecule has 1 aliphatic heterocycles. The van der Waals surface area contributed by atoms with Gasteiger partial charge in [-0.05, 0) is 44.6 Å². The van der Waals surface area contributed by atoms with Crippen LogP contribution in [0.2, 0.25) is 0 Å². The van der Waals surface area contributed by atoms with E-state index in [1.54, 1.807) is 18.2 Å². The Morgan fingerprint density at radius 2 is 1.81 bits per heavy atom. The lowest BCUT2D eigenvalue weighted by Crippen LogP contribution is -2.21. The van der Waals surface area contributed by atoms with Gasteiger partial charge < -0.3 is 9.64 Å². The zero-order chi connectivity index (χ0) is 20.0. The van der Waals surface area contributed by atoms with Gasteiger partial charge in [-0.2, -0.15) is 18.9 Å². The minimum absolute atomic E-state index is 0.0595. The van der Waals surface area contributed by atoms with E-state index in [9.17, 15) is 8.42 Å². The fourth-order valence-corrected chi connectivity index (χ4v) is 3.23. The van der Waals surface area contributed by atoms with Gasteiger partial charge in [-0.3, -0.25) is 4.55 Å². The van der Waals surface area contributed by atoms with Crippen LogP contribution in [0.25, 0.3) is 0 Å². The molecule has 1 N–H and O–H groups in total. The standard InChI is InChI=1S/C19H19N3O4S/c1-14-9-16(17(12-20)13-21)10-15(2)22(14)18-5-3-6-19(11-18)26-7-4-8-27(23,24)25/h3,5-6,9-11H,4,7-8H2,1-2H3,(H,23,24,25). The number of rotatable bonds is 6. The van der Waals surface area contributed by atoms with Gasteiger partial charge in [0, 0.05) is 28.7 Å². The first-order valence-corrected chi connectivity index (χ1v) is 9.75. The normalized spacial score (nSPS) is 14.0. The van der Waals surface area contributed by atoms with Crippen molar-refractivity contribution in [3.05, 3.63) is 59.0 Å². The molecular weight excluding hydrogens is 366 g/mol. The van der Waals surface area contributed by atoms with Crippen LogP contribution in [0.4, 0.5) is 5.69 Å². The number of benzene rings is 1. The summed E-state index contributed by atoms with van der Waals surface area (Å²) in [6, 6.07) is 11.1. The fourth-order valence-electron chi connectivity index (χ4n) is 2.75. The van der Waals surface area contributed by atoms with Gasteiger partial charge in [-0.25, -0.2) is 0 Å². The highest BCUT2D eigenvalue weighted by molar-refractivity contribution is 7.85. The molecule has 0 aromatic heterocycles. The highest BCUT2D eigenvalue weighted by Crippen LogP contribution is 2.32. The van der Waals surface area contributed by atoms with Gasteiger partial charge in [0.15, 0.2) is 0 Å². The van der Waals surface area contributed by atoms with Crippen LogP contribution in [0.3, 0.4) is 0 Å². The first-order chi connectivity index (χ1) is 12.7. The number of nitrogens with zero attached hydrogens (tertiary/aromatic N) is 3. The summed E-state index contributed by atoms with van der Waals surface area (Å²) in [4.78, 5) is 1.96. The molecule has 1 aromatic rings. The van der Waals surface area contributed by atoms with E-state index in [2.05, 4.69) is 0 Å². The Hall–Kier alpha value is -3.07. The van der Waals surface area contributed by atoms with Crippen molar-refractivity contribution >= 4 is 15.8 Å². The van der Waals surface area contributed by atoms with Crippen molar-refractivity contribution in [2.75, 3.05) is 17.3 Å². The van der Waals surface area contributed by atoms with Crippen molar-refractivity contribution in [1.29, 1.82) is 10.5 Å². The number of hydrogen-bond acceptors (Lipinski definition) is 6. The molecule has 140 valence electrons. The molecule has 1 aliphatic rings. The maximum atomic E-state index is 10.7. The van der Waals surface area contributed by atoms with E-state index in [4.69, 9.17) is 19.8 Å². The Morgan fingerprint density at radius 1 is 1.19 bits per heavy atom. The van der Waals surface area contributed by atoms with Gasteiger partial charge in [0.1, 0.15) is 23.5 Å². The quantitative estimate of drug-likeness (QED) is 0.454. The smallest absolute Gasteiger partial charge is 0.264 e. The van der Waals surface area contributed by atoms with Crippen LogP contribution < -0.4 is 9.64 Å². The number of ether oxygens (including phenoxy) is 1. The van der Waals surface area contributed by atoms with Crippen molar-refractivity contribution in [2.24, 2.45) is 0 Å². The van der Waals surface area contributed by atoms with Crippen LogP contribution in [0, 0.1) is 22.7 Å². The van der Waals surface area contributed by atoms with E-state index in [1.807, 2.05) is 49.1 Å². The maximum absolute atomic E-state index is 10.7. The lowest BCUT2D eigenvalue weighted by Gasteiger charge is -2.30. The largest absolute Gasteiger partial charge is 0.493 e. The average molecular weight is 385 g/mol. The molecule has 27 heavy (non-hydrogen) atoms. The summed E-state index contributed by atoms with van der Waals surface area (Å²) in [5.74, 6) is 0.220. The zero-order valence-electron chi connectivity index (χ0n) is 15.0. The Kier molecular flexibility index (Phi) is 6.40. The summed E-state index contributed by atoms with van der Waals surface area (Å²) in [6.45, 7) is 3.92. The van der Waals surface area contributed by atoms with Gasteiger partial charge in [0.05, 0.1) is 12.4 Å². The van der Waals surface area contributed by atoms with Crippen LogP contribution in [-0.2, 0) is 10.1 Å². The van der Waals surface area contributed by atoms with E-state index in [-0.39, 0.29) is 24.4 Å². The summed E-state index contributed by atoms with van der Waals surface area (Å²) < 4.78 is 35.8. The lowest BCUT2D eigenvalue weighted by atomic mass is 10.0. The first kappa shape index (κ1) is 20.2. The molecule has 0 amide bonds. The van der Waals surface area contributed by atoms with E-state index >= 15 is 0 Å². The number of nitriles is 2. The molecule has 0 bridgehead atoms. The third-order valence-corrected chi connectivity index (χ3v) is 4.64. The third kappa shape index (κ3) is 5.45. The third-order valence-electron chi connectivity index (χ3n) is 3.84. The second-order valence-electron chi connectivity index (χ2n) is 5.95. The summed E-state index contributed by atoms with van der Waals surface area (Å²) in [6.07, 6.45) is 3.73. The van der Waals surface area contributed by atoms with Crippen molar-refractivity contribution in [1.82, 2.24) is 0 Å². The molecule has 0 unspecified atom stereocenters. The highest BCUT2D eigenvalue weighted by Gasteiger charge is 2.18. The number of anilines is 1. The molecule has 0 saturated carbocycles. The minimum Gasteiger partial charge on any atom is -0.493 e.